The van der Waals surface area contributed by atoms with E-state index >= 15 is 0 Å². The molecule has 0 fully saturated rings. The number of halogens is 3. The van der Waals surface area contributed by atoms with Crippen molar-refractivity contribution in [2.24, 2.45) is 0 Å². The molecule has 0 aliphatic carbocycles. The van der Waals surface area contributed by atoms with E-state index in [1.807, 2.05) is 6.07 Å². The Bertz CT molecular complexity index is 333. The van der Waals surface area contributed by atoms with Crippen molar-refractivity contribution in [3.05, 3.63) is 29.3 Å². The summed E-state index contributed by atoms with van der Waals surface area (Å²) < 4.78 is 28.1. The average Bonchev–Trinajstić information content (AvgIpc) is 2.17. The van der Waals surface area contributed by atoms with Crippen LogP contribution in [0.2, 0.25) is 0 Å². The van der Waals surface area contributed by atoms with Crippen molar-refractivity contribution in [2.75, 3.05) is 6.54 Å². The van der Waals surface area contributed by atoms with Gasteiger partial charge in [-0.2, -0.15) is 8.78 Å². The first kappa shape index (κ1) is 12.2. The molecule has 0 radical (unpaired) electrons. The van der Waals surface area contributed by atoms with Gasteiger partial charge in [0, 0.05) is 6.54 Å². The number of rotatable bonds is 2. The molecule has 84 valence electrons. The number of hydrogen-bond donors (Lipinski definition) is 1. The molecular formula is C10H12ClF2NO. The smallest absolute Gasteiger partial charge is 0.387 e. The Morgan fingerprint density at radius 3 is 2.80 bits per heavy atom. The maximum absolute atomic E-state index is 11.9. The highest BCUT2D eigenvalue weighted by Crippen LogP contribution is 2.21. The number of hydrogen-bond acceptors (Lipinski definition) is 2. The van der Waals surface area contributed by atoms with Crippen LogP contribution in [0.3, 0.4) is 0 Å². The van der Waals surface area contributed by atoms with Gasteiger partial charge in [-0.15, -0.1) is 12.4 Å². The van der Waals surface area contributed by atoms with Gasteiger partial charge in [-0.3, -0.25) is 0 Å². The molecule has 0 spiro atoms. The lowest BCUT2D eigenvalue weighted by molar-refractivity contribution is -0.0499. The third kappa shape index (κ3) is 3.04. The van der Waals surface area contributed by atoms with E-state index < -0.39 is 6.61 Å². The van der Waals surface area contributed by atoms with E-state index in [4.69, 9.17) is 0 Å². The van der Waals surface area contributed by atoms with Crippen molar-refractivity contribution in [3.63, 3.8) is 0 Å². The van der Waals surface area contributed by atoms with Crippen LogP contribution in [0, 0.1) is 0 Å². The molecule has 0 amide bonds. The van der Waals surface area contributed by atoms with Crippen molar-refractivity contribution >= 4 is 12.4 Å². The van der Waals surface area contributed by atoms with Crippen LogP contribution in [0.25, 0.3) is 0 Å². The molecule has 15 heavy (non-hydrogen) atoms. The summed E-state index contributed by atoms with van der Waals surface area (Å²) in [5.41, 5.74) is 2.26. The van der Waals surface area contributed by atoms with Gasteiger partial charge in [0.1, 0.15) is 5.75 Å². The number of ether oxygens (including phenoxy) is 1. The molecule has 1 aliphatic rings. The van der Waals surface area contributed by atoms with Crippen molar-refractivity contribution in [3.8, 4) is 5.75 Å². The minimum Gasteiger partial charge on any atom is -0.435 e. The zero-order valence-corrected chi connectivity index (χ0v) is 8.82. The quantitative estimate of drug-likeness (QED) is 0.850. The van der Waals surface area contributed by atoms with E-state index in [0.717, 1.165) is 25.1 Å². The Morgan fingerprint density at radius 1 is 1.27 bits per heavy atom. The zero-order valence-electron chi connectivity index (χ0n) is 8.00. The summed E-state index contributed by atoms with van der Waals surface area (Å²) in [5.74, 6) is 0.238. The predicted octanol–water partition coefficient (Wildman–Crippen LogP) is 2.36. The van der Waals surface area contributed by atoms with E-state index in [2.05, 4.69) is 10.1 Å². The average molecular weight is 236 g/mol. The van der Waals surface area contributed by atoms with Crippen LogP contribution in [0.15, 0.2) is 18.2 Å². The van der Waals surface area contributed by atoms with E-state index in [9.17, 15) is 8.78 Å². The predicted molar refractivity (Wildman–Crippen MR) is 55.7 cm³/mol. The molecule has 0 saturated heterocycles. The SMILES string of the molecule is Cl.FC(F)Oc1ccc2c(c1)CNCC2. The molecule has 0 bridgehead atoms. The molecule has 0 atom stereocenters. The van der Waals surface area contributed by atoms with Gasteiger partial charge in [0.25, 0.3) is 0 Å². The van der Waals surface area contributed by atoms with Gasteiger partial charge in [0.05, 0.1) is 0 Å². The van der Waals surface area contributed by atoms with Crippen LogP contribution in [0.5, 0.6) is 5.75 Å². The minimum absolute atomic E-state index is 0. The number of benzene rings is 1. The van der Waals surface area contributed by atoms with E-state index in [1.54, 1.807) is 12.1 Å². The lowest BCUT2D eigenvalue weighted by Gasteiger charge is -2.17. The molecule has 2 rings (SSSR count). The fourth-order valence-electron chi connectivity index (χ4n) is 1.63. The molecule has 1 aromatic carbocycles. The van der Waals surface area contributed by atoms with Crippen LogP contribution in [0.1, 0.15) is 11.1 Å². The summed E-state index contributed by atoms with van der Waals surface area (Å²) in [4.78, 5) is 0. The summed E-state index contributed by atoms with van der Waals surface area (Å²) in [5, 5.41) is 3.18. The molecule has 1 heterocycles. The molecular weight excluding hydrogens is 224 g/mol. The van der Waals surface area contributed by atoms with Crippen molar-refractivity contribution in [1.29, 1.82) is 0 Å². The second-order valence-electron chi connectivity index (χ2n) is 3.24. The molecule has 0 aromatic heterocycles. The standard InChI is InChI=1S/C10H11F2NO.ClH/c11-10(12)14-9-2-1-7-3-4-13-6-8(7)5-9;/h1-2,5,10,13H,3-4,6H2;1H. The van der Waals surface area contributed by atoms with Gasteiger partial charge in [-0.1, -0.05) is 6.07 Å². The highest BCUT2D eigenvalue weighted by molar-refractivity contribution is 5.85. The highest BCUT2D eigenvalue weighted by Gasteiger charge is 2.11. The van der Waals surface area contributed by atoms with Crippen LogP contribution in [-0.4, -0.2) is 13.2 Å². The third-order valence-electron chi connectivity index (χ3n) is 2.29. The summed E-state index contributed by atoms with van der Waals surface area (Å²) >= 11 is 0. The first-order chi connectivity index (χ1) is 6.75. The third-order valence-corrected chi connectivity index (χ3v) is 2.29. The zero-order chi connectivity index (χ0) is 9.97. The van der Waals surface area contributed by atoms with Crippen LogP contribution in [0.4, 0.5) is 8.78 Å². The molecule has 1 aliphatic heterocycles. The Labute approximate surface area is 93.0 Å². The number of nitrogens with one attached hydrogen (secondary N) is 1. The van der Waals surface area contributed by atoms with Gasteiger partial charge in [-0.25, -0.2) is 0 Å². The Kier molecular flexibility index (Phi) is 4.29. The Morgan fingerprint density at radius 2 is 2.07 bits per heavy atom. The lowest BCUT2D eigenvalue weighted by Crippen LogP contribution is -2.23. The van der Waals surface area contributed by atoms with Crippen LogP contribution < -0.4 is 10.1 Å². The molecule has 0 unspecified atom stereocenters. The largest absolute Gasteiger partial charge is 0.435 e. The topological polar surface area (TPSA) is 21.3 Å². The normalized spacial score (nSPS) is 14.3. The fraction of sp³-hybridized carbons (Fsp3) is 0.400. The minimum atomic E-state index is -2.75. The Hall–Kier alpha value is -0.870. The maximum atomic E-state index is 11.9. The van der Waals surface area contributed by atoms with Gasteiger partial charge in [-0.05, 0) is 36.2 Å². The summed E-state index contributed by atoms with van der Waals surface area (Å²) in [6.45, 7) is -1.07. The highest BCUT2D eigenvalue weighted by atomic mass is 35.5. The second-order valence-corrected chi connectivity index (χ2v) is 3.24. The molecule has 1 N–H and O–H groups in total. The first-order valence-corrected chi connectivity index (χ1v) is 4.53. The lowest BCUT2D eigenvalue weighted by atomic mass is 10.0. The van der Waals surface area contributed by atoms with Crippen LogP contribution in [-0.2, 0) is 13.0 Å². The van der Waals surface area contributed by atoms with Crippen molar-refractivity contribution < 1.29 is 13.5 Å². The molecule has 5 heteroatoms. The van der Waals surface area contributed by atoms with Gasteiger partial charge >= 0.3 is 6.61 Å². The first-order valence-electron chi connectivity index (χ1n) is 4.53. The number of alkyl halides is 2. The molecule has 0 saturated carbocycles. The molecule has 2 nitrogen and oxygen atoms in total. The fourth-order valence-corrected chi connectivity index (χ4v) is 1.63. The monoisotopic (exact) mass is 235 g/mol. The van der Waals surface area contributed by atoms with Gasteiger partial charge < -0.3 is 10.1 Å². The van der Waals surface area contributed by atoms with Gasteiger partial charge in [0.2, 0.25) is 0 Å². The van der Waals surface area contributed by atoms with E-state index in [0.29, 0.717) is 0 Å². The Balaban J connectivity index is 0.00000112. The van der Waals surface area contributed by atoms with E-state index in [1.165, 1.54) is 5.56 Å². The van der Waals surface area contributed by atoms with Crippen LogP contribution >= 0.6 is 12.4 Å². The summed E-state index contributed by atoms with van der Waals surface area (Å²) in [6.07, 6.45) is 0.949. The van der Waals surface area contributed by atoms with Crippen molar-refractivity contribution in [2.45, 2.75) is 19.6 Å². The number of fused-ring (bicyclic) bond motifs is 1. The van der Waals surface area contributed by atoms with Gasteiger partial charge in [0.15, 0.2) is 0 Å². The second kappa shape index (κ2) is 5.28. The summed E-state index contributed by atoms with van der Waals surface area (Å²) in [7, 11) is 0. The molecule has 1 aromatic rings. The van der Waals surface area contributed by atoms with Crippen molar-refractivity contribution in [1.82, 2.24) is 5.32 Å². The maximum Gasteiger partial charge on any atom is 0.387 e. The summed E-state index contributed by atoms with van der Waals surface area (Å²) in [6, 6.07) is 5.12. The van der Waals surface area contributed by atoms with E-state index in [-0.39, 0.29) is 18.2 Å².